The van der Waals surface area contributed by atoms with E-state index in [4.69, 9.17) is 32.8 Å². The Kier molecular flexibility index (Phi) is 12.4. The van der Waals surface area contributed by atoms with Crippen molar-refractivity contribution in [1.29, 1.82) is 0 Å². The van der Waals surface area contributed by atoms with Crippen LogP contribution in [0.5, 0.6) is 17.2 Å². The van der Waals surface area contributed by atoms with Gasteiger partial charge < -0.3 is 53.3 Å². The van der Waals surface area contributed by atoms with Crippen molar-refractivity contribution in [2.75, 3.05) is 39.7 Å². The number of anilines is 1. The van der Waals surface area contributed by atoms with Gasteiger partial charge in [0.05, 0.1) is 35.5 Å². The van der Waals surface area contributed by atoms with Gasteiger partial charge in [0, 0.05) is 73.9 Å². The highest BCUT2D eigenvalue weighted by Gasteiger charge is 2.51. The van der Waals surface area contributed by atoms with Crippen LogP contribution in [-0.4, -0.2) is 108 Å². The number of ketones is 1. The van der Waals surface area contributed by atoms with Crippen LogP contribution in [0.1, 0.15) is 57.5 Å². The molecule has 0 radical (unpaired) electrons. The van der Waals surface area contributed by atoms with Crippen molar-refractivity contribution in [1.82, 2.24) is 9.88 Å². The van der Waals surface area contributed by atoms with Gasteiger partial charge in [-0.05, 0) is 34.0 Å². The number of Topliss-reactive ketones (excluding diaryl/α,β-unsaturated/α-hetero) is 1. The molecule has 3 N–H and O–H groups in total. The number of likely N-dealkylation sites (N-methyl/N-ethyl adjacent to an activating group) is 1. The van der Waals surface area contributed by atoms with Crippen LogP contribution >= 0.6 is 0 Å². The summed E-state index contributed by atoms with van der Waals surface area (Å²) in [6, 6.07) is 2.53. The molecule has 8 rings (SSSR count). The van der Waals surface area contributed by atoms with Crippen LogP contribution in [0.15, 0.2) is 57.5 Å². The zero-order valence-corrected chi connectivity index (χ0v) is 36.7. The number of carbonyl (C=O) groups excluding carboxylic acids is 3. The van der Waals surface area contributed by atoms with Crippen LogP contribution in [0, 0.1) is 30.5 Å². The van der Waals surface area contributed by atoms with Crippen LogP contribution < -0.4 is 20.2 Å². The van der Waals surface area contributed by atoms with Gasteiger partial charge in [-0.15, -0.1) is 0 Å². The Labute approximate surface area is 362 Å². The van der Waals surface area contributed by atoms with Crippen LogP contribution in [0.25, 0.3) is 33.0 Å². The van der Waals surface area contributed by atoms with Crippen molar-refractivity contribution in [2.24, 2.45) is 17.8 Å². The number of rotatable bonds is 6. The summed E-state index contributed by atoms with van der Waals surface area (Å²) in [7, 11) is 5.14. The van der Waals surface area contributed by atoms with Gasteiger partial charge in [-0.25, -0.2) is 9.37 Å². The SMILES string of the molecule is CO[C@H]1/C=C/O[C@@]2(C)Oc3c(C)c(=O)c4c(O)c(c5oc6cc(OCCN(C)C)cc(F)c6nc5c4c3C2=O)NC(=O)/C(C)=C\C=C\[C@H](C)[C@@H]2O[C@H]([C@H](O)[C@@H]2C)[C@H](OC(C)=O)[C@@H]1C. The number of hydrogen-bond acceptors (Lipinski definition) is 15. The number of esters is 1. The van der Waals surface area contributed by atoms with Crippen molar-refractivity contribution in [3.05, 3.63) is 75.4 Å². The number of allylic oxidation sites excluding steroid dienone is 2. The van der Waals surface area contributed by atoms with E-state index in [0.29, 0.717) is 6.54 Å². The molecule has 1 fully saturated rings. The Morgan fingerprint density at radius 1 is 1.05 bits per heavy atom. The third kappa shape index (κ3) is 8.14. The number of aliphatic hydroxyl groups is 1. The molecule has 0 saturated carbocycles. The van der Waals surface area contributed by atoms with E-state index < -0.39 is 88.2 Å². The molecule has 1 aromatic heterocycles. The maximum Gasteiger partial charge on any atom is 0.312 e. The Morgan fingerprint density at radius 3 is 2.46 bits per heavy atom. The quantitative estimate of drug-likeness (QED) is 0.0900. The van der Waals surface area contributed by atoms with E-state index in [1.165, 1.54) is 59.3 Å². The lowest BCUT2D eigenvalue weighted by atomic mass is 9.86. The molecule has 4 aliphatic rings. The fourth-order valence-corrected chi connectivity index (χ4v) is 8.45. The van der Waals surface area contributed by atoms with E-state index in [1.54, 1.807) is 19.1 Å². The Hall–Kier alpha value is -5.88. The van der Waals surface area contributed by atoms with Gasteiger partial charge >= 0.3 is 11.8 Å². The first-order chi connectivity index (χ1) is 29.8. The zero-order valence-electron chi connectivity index (χ0n) is 36.7. The Bertz CT molecular complexity index is 2670. The molecule has 4 aliphatic heterocycles. The molecule has 1 saturated heterocycles. The highest BCUT2D eigenvalue weighted by Crippen LogP contribution is 2.49. The molecule has 0 aliphatic carbocycles. The van der Waals surface area contributed by atoms with Crippen LogP contribution in [-0.2, 0) is 28.5 Å². The number of methoxy groups -OCH3 is 1. The number of aliphatic hydroxyl groups excluding tert-OH is 1. The van der Waals surface area contributed by atoms with Crippen LogP contribution in [0.2, 0.25) is 0 Å². The lowest BCUT2D eigenvalue weighted by Gasteiger charge is -2.33. The van der Waals surface area contributed by atoms with E-state index in [1.807, 2.05) is 32.8 Å². The topological polar surface area (TPSA) is 205 Å². The van der Waals surface area contributed by atoms with Crippen molar-refractivity contribution in [3.8, 4) is 17.2 Å². The predicted octanol–water partition coefficient (Wildman–Crippen LogP) is 5.85. The Balaban J connectivity index is 1.45. The number of ether oxygens (including phenoxy) is 6. The fraction of sp³-hybridized carbons (Fsp3) is 0.457. The molecule has 17 heteroatoms. The summed E-state index contributed by atoms with van der Waals surface area (Å²) in [6.45, 7) is 11.7. The molecule has 5 heterocycles. The molecule has 0 unspecified atom stereocenters. The number of nitrogens with zero attached hydrogens (tertiary/aromatic N) is 2. The Morgan fingerprint density at radius 2 is 1.78 bits per heavy atom. The number of carbonyl (C=O) groups is 3. The van der Waals surface area contributed by atoms with Gasteiger partial charge in [-0.3, -0.25) is 19.2 Å². The summed E-state index contributed by atoms with van der Waals surface area (Å²) in [5.41, 5.74) is -2.19. The first-order valence-corrected chi connectivity index (χ1v) is 20.6. The molecule has 1 amide bonds. The number of hydrogen-bond donors (Lipinski definition) is 3. The maximum absolute atomic E-state index is 16.0. The van der Waals surface area contributed by atoms with Gasteiger partial charge in [0.2, 0.25) is 0 Å². The summed E-state index contributed by atoms with van der Waals surface area (Å²) in [6.07, 6.45) is 3.28. The normalized spacial score (nSPS) is 29.5. The molecular formula is C46H52FN3O13. The van der Waals surface area contributed by atoms with Gasteiger partial charge in [0.25, 0.3) is 11.7 Å². The van der Waals surface area contributed by atoms with Gasteiger partial charge in [-0.1, -0.05) is 39.0 Å². The van der Waals surface area contributed by atoms with E-state index in [0.717, 1.165) is 6.07 Å². The minimum absolute atomic E-state index is 0.0717. The number of aromatic hydroxyl groups is 1. The first kappa shape index (κ1) is 45.2. The number of amides is 1. The number of phenols is 1. The second-order valence-corrected chi connectivity index (χ2v) is 16.8. The minimum Gasteiger partial charge on any atom is -0.505 e. The smallest absolute Gasteiger partial charge is 0.312 e. The summed E-state index contributed by atoms with van der Waals surface area (Å²) >= 11 is 0. The molecule has 9 atom stereocenters. The molecule has 336 valence electrons. The number of halogens is 1. The largest absolute Gasteiger partial charge is 0.505 e. The number of fused-ring (bicyclic) bond motifs is 9. The molecule has 3 aromatic carbocycles. The van der Waals surface area contributed by atoms with E-state index >= 15 is 4.39 Å². The summed E-state index contributed by atoms with van der Waals surface area (Å²) in [5, 5.41) is 25.6. The highest BCUT2D eigenvalue weighted by atomic mass is 19.1. The van der Waals surface area contributed by atoms with Crippen molar-refractivity contribution < 1.29 is 61.8 Å². The van der Waals surface area contributed by atoms with Crippen LogP contribution in [0.4, 0.5) is 10.1 Å². The maximum atomic E-state index is 16.0. The lowest BCUT2D eigenvalue weighted by molar-refractivity contribution is -0.168. The van der Waals surface area contributed by atoms with Crippen molar-refractivity contribution in [2.45, 2.75) is 84.8 Å². The van der Waals surface area contributed by atoms with E-state index in [-0.39, 0.29) is 74.0 Å². The summed E-state index contributed by atoms with van der Waals surface area (Å²) in [4.78, 5) is 61.8. The second kappa shape index (κ2) is 17.4. The molecule has 4 aromatic rings. The second-order valence-electron chi connectivity index (χ2n) is 16.8. The molecule has 7 bridgehead atoms. The molecule has 0 spiro atoms. The zero-order chi connectivity index (χ0) is 45.8. The molecule has 63 heavy (non-hydrogen) atoms. The van der Waals surface area contributed by atoms with Crippen molar-refractivity contribution in [3.63, 3.8) is 0 Å². The monoisotopic (exact) mass is 873 g/mol. The lowest BCUT2D eigenvalue weighted by Crippen LogP contribution is -2.46. The standard InChI is InChI=1S/C46H52FN3O13/c1-20-12-11-13-21(2)45(56)49-35-38(54)31-30(34-42(35)61-29-19-26(58-17-15-50(8)9)18-27(47)33(29)48-34)32-40(23(4)36(31)52)63-46(7,44(32)55)59-16-14-28(57-10)22(3)41(60-25(6)51)43-37(53)24(5)39(20)62-43/h11-14,16,18-20,22,24,28,37,39,41,43,53-54H,15,17H2,1-10H3,(H,49,56)/b12-11+,16-14+,21-13-/t20-,22+,24-,28-,37+,39-,41+,43+,46-/m0/s1. The number of phenolic OH excluding ortho intramolecular Hbond substituents is 1. The molecule has 16 nitrogen and oxygen atoms in total. The third-order valence-corrected chi connectivity index (χ3v) is 12.0. The average molecular weight is 874 g/mol. The van der Waals surface area contributed by atoms with Crippen LogP contribution in [0.3, 0.4) is 0 Å². The summed E-state index contributed by atoms with van der Waals surface area (Å²) < 4.78 is 58.2. The first-order valence-electron chi connectivity index (χ1n) is 20.6. The number of aromatic nitrogens is 1. The number of benzene rings is 3. The summed E-state index contributed by atoms with van der Waals surface area (Å²) in [5.74, 6) is -7.21. The van der Waals surface area contributed by atoms with Gasteiger partial charge in [0.15, 0.2) is 28.2 Å². The predicted molar refractivity (Wildman–Crippen MR) is 229 cm³/mol. The number of nitrogens with one attached hydrogen (secondary N) is 1. The van der Waals surface area contributed by atoms with Gasteiger partial charge in [0.1, 0.15) is 47.0 Å². The van der Waals surface area contributed by atoms with E-state index in [2.05, 4.69) is 10.3 Å². The van der Waals surface area contributed by atoms with E-state index in [9.17, 15) is 29.4 Å². The third-order valence-electron chi connectivity index (χ3n) is 12.0. The average Bonchev–Trinajstić information content (AvgIpc) is 3.67. The molecular weight excluding hydrogens is 822 g/mol. The van der Waals surface area contributed by atoms with Gasteiger partial charge in [-0.2, -0.15) is 0 Å². The fourth-order valence-electron chi connectivity index (χ4n) is 8.45. The van der Waals surface area contributed by atoms with Crippen molar-refractivity contribution >= 4 is 56.3 Å². The highest BCUT2D eigenvalue weighted by molar-refractivity contribution is 6.26. The minimum atomic E-state index is -2.11.